The SMILES string of the molecule is c1noc(C23CC4CC(CC(C4)C2)C3)n1. The Bertz CT molecular complexity index is 336. The molecule has 4 aliphatic rings. The van der Waals surface area contributed by atoms with Crippen molar-refractivity contribution < 1.29 is 4.52 Å². The van der Waals surface area contributed by atoms with E-state index in [0.717, 1.165) is 23.6 Å². The van der Waals surface area contributed by atoms with Crippen molar-refractivity contribution in [1.82, 2.24) is 10.1 Å². The van der Waals surface area contributed by atoms with Gasteiger partial charge in [-0.1, -0.05) is 5.16 Å². The standard InChI is InChI=1S/C12H16N2O/c1-8-2-10-3-9(1)5-12(4-8,6-10)11-13-7-14-15-11/h7-10H,1-6H2. The van der Waals surface area contributed by atoms with Crippen LogP contribution in [0.3, 0.4) is 0 Å². The van der Waals surface area contributed by atoms with Gasteiger partial charge in [0.2, 0.25) is 5.89 Å². The van der Waals surface area contributed by atoms with E-state index in [2.05, 4.69) is 10.1 Å². The third-order valence-corrected chi connectivity index (χ3v) is 4.85. The molecule has 5 rings (SSSR count). The zero-order valence-corrected chi connectivity index (χ0v) is 8.85. The van der Waals surface area contributed by atoms with Crippen LogP contribution < -0.4 is 0 Å². The number of hydrogen-bond donors (Lipinski definition) is 0. The number of hydrogen-bond acceptors (Lipinski definition) is 3. The normalized spacial score (nSPS) is 47.3. The van der Waals surface area contributed by atoms with Gasteiger partial charge in [-0.25, -0.2) is 0 Å². The molecule has 1 heterocycles. The molecule has 0 atom stereocenters. The Labute approximate surface area is 89.2 Å². The summed E-state index contributed by atoms with van der Waals surface area (Å²) in [7, 11) is 0. The fourth-order valence-corrected chi connectivity index (χ4v) is 4.78. The minimum atomic E-state index is 0.283. The molecule has 15 heavy (non-hydrogen) atoms. The lowest BCUT2D eigenvalue weighted by atomic mass is 9.49. The van der Waals surface area contributed by atoms with Crippen LogP contribution in [0.25, 0.3) is 0 Å². The van der Waals surface area contributed by atoms with Crippen LogP contribution in [0.1, 0.15) is 44.4 Å². The van der Waals surface area contributed by atoms with Crippen molar-refractivity contribution in [2.24, 2.45) is 17.8 Å². The summed E-state index contributed by atoms with van der Waals surface area (Å²) in [5.41, 5.74) is 0.283. The van der Waals surface area contributed by atoms with Crippen LogP contribution in [0.5, 0.6) is 0 Å². The van der Waals surface area contributed by atoms with Crippen LogP contribution >= 0.6 is 0 Å². The van der Waals surface area contributed by atoms with Crippen LogP contribution in [-0.2, 0) is 5.41 Å². The lowest BCUT2D eigenvalue weighted by Gasteiger charge is -2.55. The lowest BCUT2D eigenvalue weighted by molar-refractivity contribution is -0.0201. The summed E-state index contributed by atoms with van der Waals surface area (Å²) in [4.78, 5) is 4.33. The molecule has 4 aliphatic carbocycles. The van der Waals surface area contributed by atoms with Crippen LogP contribution in [0.2, 0.25) is 0 Å². The molecule has 0 aliphatic heterocycles. The second kappa shape index (κ2) is 2.63. The molecule has 3 heteroatoms. The van der Waals surface area contributed by atoms with E-state index in [0.29, 0.717) is 0 Å². The maximum absolute atomic E-state index is 5.36. The van der Waals surface area contributed by atoms with Crippen molar-refractivity contribution in [3.05, 3.63) is 12.2 Å². The fraction of sp³-hybridized carbons (Fsp3) is 0.833. The predicted molar refractivity (Wildman–Crippen MR) is 54.1 cm³/mol. The molecule has 0 N–H and O–H groups in total. The van der Waals surface area contributed by atoms with E-state index in [4.69, 9.17) is 4.52 Å². The summed E-state index contributed by atoms with van der Waals surface area (Å²) in [5.74, 6) is 3.77. The Morgan fingerprint density at radius 3 is 2.13 bits per heavy atom. The van der Waals surface area contributed by atoms with Crippen molar-refractivity contribution >= 4 is 0 Å². The third kappa shape index (κ3) is 1.06. The topological polar surface area (TPSA) is 38.9 Å². The van der Waals surface area contributed by atoms with Gasteiger partial charge in [-0.05, 0) is 56.3 Å². The molecule has 0 amide bonds. The monoisotopic (exact) mass is 204 g/mol. The smallest absolute Gasteiger partial charge is 0.232 e. The van der Waals surface area contributed by atoms with E-state index in [9.17, 15) is 0 Å². The van der Waals surface area contributed by atoms with Gasteiger partial charge in [0.25, 0.3) is 0 Å². The van der Waals surface area contributed by atoms with Crippen LogP contribution in [-0.4, -0.2) is 10.1 Å². The van der Waals surface area contributed by atoms with Gasteiger partial charge in [0.15, 0.2) is 6.33 Å². The summed E-state index contributed by atoms with van der Waals surface area (Å²) in [6.07, 6.45) is 9.88. The molecule has 4 fully saturated rings. The van der Waals surface area contributed by atoms with Gasteiger partial charge < -0.3 is 4.52 Å². The first kappa shape index (κ1) is 8.31. The Morgan fingerprint density at radius 2 is 1.67 bits per heavy atom. The van der Waals surface area contributed by atoms with E-state index >= 15 is 0 Å². The van der Waals surface area contributed by atoms with Gasteiger partial charge >= 0.3 is 0 Å². The first-order valence-corrected chi connectivity index (χ1v) is 6.11. The maximum Gasteiger partial charge on any atom is 0.232 e. The zero-order valence-electron chi connectivity index (χ0n) is 8.85. The van der Waals surface area contributed by atoms with E-state index < -0.39 is 0 Å². The molecule has 0 unspecified atom stereocenters. The fourth-order valence-electron chi connectivity index (χ4n) is 4.78. The third-order valence-electron chi connectivity index (χ3n) is 4.85. The maximum atomic E-state index is 5.36. The lowest BCUT2D eigenvalue weighted by Crippen LogP contribution is -2.48. The highest BCUT2D eigenvalue weighted by Crippen LogP contribution is 2.60. The van der Waals surface area contributed by atoms with E-state index in [1.54, 1.807) is 6.33 Å². The number of aromatic nitrogens is 2. The van der Waals surface area contributed by atoms with Crippen molar-refractivity contribution in [3.63, 3.8) is 0 Å². The van der Waals surface area contributed by atoms with Crippen LogP contribution in [0.15, 0.2) is 10.9 Å². The van der Waals surface area contributed by atoms with Crippen LogP contribution in [0.4, 0.5) is 0 Å². The molecule has 80 valence electrons. The first-order valence-electron chi connectivity index (χ1n) is 6.11. The quantitative estimate of drug-likeness (QED) is 0.705. The molecule has 1 aromatic rings. The highest BCUT2D eigenvalue weighted by Gasteiger charge is 2.54. The average Bonchev–Trinajstić information content (AvgIpc) is 2.67. The average molecular weight is 204 g/mol. The van der Waals surface area contributed by atoms with E-state index in [1.165, 1.54) is 38.5 Å². The molecule has 3 nitrogen and oxygen atoms in total. The van der Waals surface area contributed by atoms with E-state index in [-0.39, 0.29) is 5.41 Å². The highest BCUT2D eigenvalue weighted by atomic mass is 16.5. The Kier molecular flexibility index (Phi) is 1.46. The van der Waals surface area contributed by atoms with Gasteiger partial charge in [-0.3, -0.25) is 0 Å². The zero-order chi connectivity index (χ0) is 9.88. The minimum absolute atomic E-state index is 0.283. The minimum Gasteiger partial charge on any atom is -0.339 e. The summed E-state index contributed by atoms with van der Waals surface area (Å²) in [6, 6.07) is 0. The molecule has 0 spiro atoms. The molecule has 0 radical (unpaired) electrons. The number of nitrogens with zero attached hydrogens (tertiary/aromatic N) is 2. The molecule has 0 saturated heterocycles. The van der Waals surface area contributed by atoms with Gasteiger partial charge in [0.05, 0.1) is 5.41 Å². The highest BCUT2D eigenvalue weighted by molar-refractivity contribution is 5.14. The molecular formula is C12H16N2O. The van der Waals surface area contributed by atoms with Crippen molar-refractivity contribution in [1.29, 1.82) is 0 Å². The summed E-state index contributed by atoms with van der Waals surface area (Å²) < 4.78 is 5.36. The predicted octanol–water partition coefficient (Wildman–Crippen LogP) is 2.54. The second-order valence-corrected chi connectivity index (χ2v) is 5.94. The summed E-state index contributed by atoms with van der Waals surface area (Å²) in [5, 5.41) is 3.79. The molecular weight excluding hydrogens is 188 g/mol. The molecule has 4 bridgehead atoms. The van der Waals surface area contributed by atoms with Crippen molar-refractivity contribution in [2.45, 2.75) is 43.9 Å². The Morgan fingerprint density at radius 1 is 1.07 bits per heavy atom. The summed E-state index contributed by atoms with van der Waals surface area (Å²) in [6.45, 7) is 0. The molecule has 0 aromatic carbocycles. The number of rotatable bonds is 1. The largest absolute Gasteiger partial charge is 0.339 e. The molecule has 4 saturated carbocycles. The second-order valence-electron chi connectivity index (χ2n) is 5.94. The van der Waals surface area contributed by atoms with Gasteiger partial charge in [0, 0.05) is 0 Å². The Hall–Kier alpha value is -0.860. The van der Waals surface area contributed by atoms with E-state index in [1.807, 2.05) is 0 Å². The summed E-state index contributed by atoms with van der Waals surface area (Å²) >= 11 is 0. The van der Waals surface area contributed by atoms with Gasteiger partial charge in [-0.15, -0.1) is 0 Å². The van der Waals surface area contributed by atoms with Crippen molar-refractivity contribution in [3.8, 4) is 0 Å². The van der Waals surface area contributed by atoms with Crippen LogP contribution in [0, 0.1) is 17.8 Å². The first-order chi connectivity index (χ1) is 7.34. The Balaban J connectivity index is 1.77. The van der Waals surface area contributed by atoms with Gasteiger partial charge in [-0.2, -0.15) is 4.98 Å². The van der Waals surface area contributed by atoms with Crippen molar-refractivity contribution in [2.75, 3.05) is 0 Å². The van der Waals surface area contributed by atoms with Gasteiger partial charge in [0.1, 0.15) is 0 Å². The molecule has 1 aromatic heterocycles.